The molecular weight excluding hydrogens is 420 g/mol. The van der Waals surface area contributed by atoms with Crippen molar-refractivity contribution in [2.45, 2.75) is 6.42 Å². The van der Waals surface area contributed by atoms with E-state index in [9.17, 15) is 5.26 Å². The van der Waals surface area contributed by atoms with Crippen LogP contribution in [0.2, 0.25) is 0 Å². The number of halogens is 1. The number of hydrogen-bond acceptors (Lipinski definition) is 2. The molecule has 0 aliphatic carbocycles. The summed E-state index contributed by atoms with van der Waals surface area (Å²) >= 11 is 3.65. The van der Waals surface area contributed by atoms with Crippen molar-refractivity contribution in [3.8, 4) is 6.07 Å². The maximum atomic E-state index is 9.82. The van der Waals surface area contributed by atoms with Crippen LogP contribution in [0.5, 0.6) is 0 Å². The van der Waals surface area contributed by atoms with Gasteiger partial charge in [-0.3, -0.25) is 0 Å². The van der Waals surface area contributed by atoms with E-state index in [2.05, 4.69) is 58.4 Å². The van der Waals surface area contributed by atoms with Gasteiger partial charge in [-0.05, 0) is 41.8 Å². The Bertz CT molecular complexity index is 1020. The van der Waals surface area contributed by atoms with E-state index in [4.69, 9.17) is 0 Å². The van der Waals surface area contributed by atoms with Crippen LogP contribution >= 0.6 is 15.9 Å². The Labute approximate surface area is 181 Å². The molecule has 3 aromatic carbocycles. The van der Waals surface area contributed by atoms with Crippen LogP contribution in [0.15, 0.2) is 107 Å². The molecule has 0 bridgehead atoms. The number of para-hydroxylation sites is 1. The lowest BCUT2D eigenvalue weighted by Crippen LogP contribution is -2.16. The monoisotopic (exact) mass is 442 g/mol. The van der Waals surface area contributed by atoms with E-state index in [1.54, 1.807) is 0 Å². The first-order chi connectivity index (χ1) is 14.2. The average Bonchev–Trinajstić information content (AvgIpc) is 2.78. The summed E-state index contributed by atoms with van der Waals surface area (Å²) in [5.74, 6) is 0.0784. The highest BCUT2D eigenvalue weighted by Crippen LogP contribution is 2.24. The van der Waals surface area contributed by atoms with Gasteiger partial charge in [0.25, 0.3) is 0 Å². The van der Waals surface area contributed by atoms with Crippen LogP contribution in [0.4, 0.5) is 5.69 Å². The fraction of sp³-hybridized carbons (Fsp3) is 0.115. The van der Waals surface area contributed by atoms with Crippen molar-refractivity contribution in [1.82, 2.24) is 0 Å². The molecule has 0 saturated carbocycles. The smallest absolute Gasteiger partial charge is 0.117 e. The van der Waals surface area contributed by atoms with Crippen molar-refractivity contribution in [3.63, 3.8) is 0 Å². The number of nitriles is 1. The summed E-state index contributed by atoms with van der Waals surface area (Å²) in [4.78, 5) is 1.93. The summed E-state index contributed by atoms with van der Waals surface area (Å²) in [7, 11) is 1.93. The van der Waals surface area contributed by atoms with E-state index >= 15 is 0 Å². The molecule has 0 spiro atoms. The van der Waals surface area contributed by atoms with E-state index in [-0.39, 0.29) is 5.92 Å². The number of benzene rings is 3. The third-order valence-corrected chi connectivity index (χ3v) is 5.51. The zero-order valence-corrected chi connectivity index (χ0v) is 18.0. The summed E-state index contributed by atoms with van der Waals surface area (Å²) in [5.41, 5.74) is 3.98. The zero-order valence-electron chi connectivity index (χ0n) is 16.4. The number of nitrogens with zero attached hydrogens (tertiary/aromatic N) is 2. The first kappa shape index (κ1) is 20.6. The van der Waals surface area contributed by atoms with Crippen molar-refractivity contribution >= 4 is 27.7 Å². The van der Waals surface area contributed by atoms with Gasteiger partial charge >= 0.3 is 0 Å². The quantitative estimate of drug-likeness (QED) is 0.373. The maximum Gasteiger partial charge on any atom is 0.117 e. The van der Waals surface area contributed by atoms with Crippen LogP contribution in [0.1, 0.15) is 11.1 Å². The molecule has 0 aliphatic rings. The minimum absolute atomic E-state index is 0.0784. The van der Waals surface area contributed by atoms with Gasteiger partial charge in [-0.2, -0.15) is 5.26 Å². The maximum absolute atomic E-state index is 9.82. The molecule has 3 rings (SSSR count). The predicted octanol–water partition coefficient (Wildman–Crippen LogP) is 6.87. The van der Waals surface area contributed by atoms with Crippen LogP contribution in [-0.4, -0.2) is 7.05 Å². The SMILES string of the molecule is CN(/C(C#N)=C\C(/C=C/c1ccccc1)Cc1ccccc1Br)c1ccccc1. The van der Waals surface area contributed by atoms with E-state index in [0.717, 1.165) is 22.1 Å². The van der Waals surface area contributed by atoms with E-state index in [0.29, 0.717) is 5.70 Å². The van der Waals surface area contributed by atoms with Gasteiger partial charge in [0.2, 0.25) is 0 Å². The largest absolute Gasteiger partial charge is 0.336 e. The molecule has 144 valence electrons. The lowest BCUT2D eigenvalue weighted by atomic mass is 9.96. The minimum Gasteiger partial charge on any atom is -0.336 e. The predicted molar refractivity (Wildman–Crippen MR) is 125 cm³/mol. The van der Waals surface area contributed by atoms with Crippen LogP contribution in [0, 0.1) is 17.2 Å². The highest BCUT2D eigenvalue weighted by atomic mass is 79.9. The van der Waals surface area contributed by atoms with Crippen LogP contribution in [0.3, 0.4) is 0 Å². The topological polar surface area (TPSA) is 27.0 Å². The Morgan fingerprint density at radius 2 is 1.59 bits per heavy atom. The van der Waals surface area contributed by atoms with Crippen LogP contribution < -0.4 is 4.90 Å². The van der Waals surface area contributed by atoms with Gasteiger partial charge in [0.1, 0.15) is 11.8 Å². The van der Waals surface area contributed by atoms with E-state index < -0.39 is 0 Å². The molecule has 2 nitrogen and oxygen atoms in total. The Morgan fingerprint density at radius 1 is 0.966 bits per heavy atom. The summed E-state index contributed by atoms with van der Waals surface area (Å²) in [6, 6.07) is 30.8. The highest BCUT2D eigenvalue weighted by Gasteiger charge is 2.12. The van der Waals surface area contributed by atoms with Gasteiger partial charge in [0, 0.05) is 23.1 Å². The van der Waals surface area contributed by atoms with Crippen molar-refractivity contribution in [3.05, 3.63) is 118 Å². The first-order valence-corrected chi connectivity index (χ1v) is 10.3. The standard InChI is InChI=1S/C26H23BrN2/c1-29(24-13-6-3-7-14-24)25(20-28)19-22(17-16-21-10-4-2-5-11-21)18-23-12-8-9-15-26(23)27/h2-17,19,22H,18H2,1H3/b17-16+,25-19-. The van der Waals surface area contributed by atoms with Crippen molar-refractivity contribution in [2.75, 3.05) is 11.9 Å². The number of anilines is 1. The van der Waals surface area contributed by atoms with Crippen molar-refractivity contribution < 1.29 is 0 Å². The van der Waals surface area contributed by atoms with E-state index in [1.165, 1.54) is 5.56 Å². The van der Waals surface area contributed by atoms with Crippen LogP contribution in [0.25, 0.3) is 6.08 Å². The lowest BCUT2D eigenvalue weighted by molar-refractivity contribution is 0.796. The summed E-state index contributed by atoms with van der Waals surface area (Å²) < 4.78 is 1.08. The van der Waals surface area contributed by atoms with Gasteiger partial charge in [-0.15, -0.1) is 0 Å². The minimum atomic E-state index is 0.0784. The number of rotatable bonds is 7. The lowest BCUT2D eigenvalue weighted by Gasteiger charge is -2.20. The van der Waals surface area contributed by atoms with Gasteiger partial charge in [-0.25, -0.2) is 0 Å². The first-order valence-electron chi connectivity index (χ1n) is 9.54. The molecule has 0 saturated heterocycles. The average molecular weight is 443 g/mol. The molecule has 0 N–H and O–H groups in total. The Hall–Kier alpha value is -3.09. The normalized spacial score (nSPS) is 12.5. The second-order valence-electron chi connectivity index (χ2n) is 6.79. The molecule has 29 heavy (non-hydrogen) atoms. The molecule has 3 heteroatoms. The van der Waals surface area contributed by atoms with E-state index in [1.807, 2.05) is 78.7 Å². The molecule has 0 heterocycles. The zero-order chi connectivity index (χ0) is 20.5. The summed E-state index contributed by atoms with van der Waals surface area (Å²) in [6.45, 7) is 0. The molecule has 1 atom stereocenters. The molecule has 0 amide bonds. The molecule has 1 unspecified atom stereocenters. The van der Waals surface area contributed by atoms with Gasteiger partial charge < -0.3 is 4.90 Å². The Balaban J connectivity index is 1.92. The Kier molecular flexibility index (Phi) is 7.44. The third kappa shape index (κ3) is 5.94. The molecule has 0 radical (unpaired) electrons. The van der Waals surface area contributed by atoms with Gasteiger partial charge in [0.15, 0.2) is 0 Å². The summed E-state index contributed by atoms with van der Waals surface area (Å²) in [5, 5.41) is 9.82. The molecule has 3 aromatic rings. The van der Waals surface area contributed by atoms with Crippen LogP contribution in [-0.2, 0) is 6.42 Å². The second kappa shape index (κ2) is 10.5. The van der Waals surface area contributed by atoms with Crippen molar-refractivity contribution in [2.24, 2.45) is 5.92 Å². The molecule has 0 aliphatic heterocycles. The van der Waals surface area contributed by atoms with Crippen molar-refractivity contribution in [1.29, 1.82) is 5.26 Å². The summed E-state index contributed by atoms with van der Waals surface area (Å²) in [6.07, 6.45) is 7.14. The number of allylic oxidation sites excluding steroid dienone is 3. The van der Waals surface area contributed by atoms with Gasteiger partial charge in [0.05, 0.1) is 0 Å². The third-order valence-electron chi connectivity index (χ3n) is 4.74. The second-order valence-corrected chi connectivity index (χ2v) is 7.64. The number of hydrogen-bond donors (Lipinski definition) is 0. The molecular formula is C26H23BrN2. The Morgan fingerprint density at radius 3 is 2.24 bits per heavy atom. The van der Waals surface area contributed by atoms with Gasteiger partial charge in [-0.1, -0.05) is 94.8 Å². The fourth-order valence-corrected chi connectivity index (χ4v) is 3.56. The molecule has 0 fully saturated rings. The fourth-order valence-electron chi connectivity index (χ4n) is 3.12. The highest BCUT2D eigenvalue weighted by molar-refractivity contribution is 9.10. The molecule has 0 aromatic heterocycles.